The Morgan fingerprint density at radius 1 is 1.09 bits per heavy atom. The van der Waals surface area contributed by atoms with Gasteiger partial charge < -0.3 is 26.4 Å². The number of unbranched alkanes of at least 4 members (excludes halogenated alkanes) is 2. The van der Waals surface area contributed by atoms with Crippen molar-refractivity contribution in [1.82, 2.24) is 15.5 Å². The van der Waals surface area contributed by atoms with E-state index >= 15 is 0 Å². The van der Waals surface area contributed by atoms with Crippen molar-refractivity contribution in [3.05, 3.63) is 48.0 Å². The van der Waals surface area contributed by atoms with Gasteiger partial charge in [-0.3, -0.25) is 19.8 Å². The molecule has 2 amide bonds. The van der Waals surface area contributed by atoms with Crippen LogP contribution in [0.1, 0.15) is 44.1 Å². The van der Waals surface area contributed by atoms with Crippen LogP contribution in [0.2, 0.25) is 0 Å². The lowest BCUT2D eigenvalue weighted by Gasteiger charge is -2.25. The molecule has 0 aliphatic carbocycles. The zero-order valence-corrected chi connectivity index (χ0v) is 20.0. The molecule has 2 aromatic rings. The fourth-order valence-corrected chi connectivity index (χ4v) is 4.61. The molecule has 0 saturated carbocycles. The van der Waals surface area contributed by atoms with Crippen molar-refractivity contribution in [3.63, 3.8) is 0 Å². The van der Waals surface area contributed by atoms with Crippen LogP contribution in [0.15, 0.2) is 42.5 Å². The molecule has 0 aromatic heterocycles. The zero-order valence-electron chi connectivity index (χ0n) is 20.0. The number of nitrogens with one attached hydrogen (secondary N) is 3. The Hall–Kier alpha value is -3.62. The number of carbonyl (C=O) groups excluding carboxylic acids is 2. The van der Waals surface area contributed by atoms with E-state index in [0.717, 1.165) is 35.6 Å². The topological polar surface area (TPSA) is 149 Å². The molecule has 3 rings (SSSR count). The number of carbonyl (C=O) groups is 3. The van der Waals surface area contributed by atoms with Gasteiger partial charge in [0.05, 0.1) is 12.3 Å². The average Bonchev–Trinajstić information content (AvgIpc) is 3.11. The van der Waals surface area contributed by atoms with E-state index < -0.39 is 11.9 Å². The van der Waals surface area contributed by atoms with Crippen LogP contribution in [0, 0.1) is 11.3 Å². The summed E-state index contributed by atoms with van der Waals surface area (Å²) in [6.07, 6.45) is 3.68. The van der Waals surface area contributed by atoms with E-state index in [-0.39, 0.29) is 30.2 Å². The minimum atomic E-state index is -0.984. The molecule has 9 nitrogen and oxygen atoms in total. The predicted molar refractivity (Wildman–Crippen MR) is 135 cm³/mol. The van der Waals surface area contributed by atoms with E-state index in [0.29, 0.717) is 38.9 Å². The van der Waals surface area contributed by atoms with Crippen LogP contribution in [0.5, 0.6) is 0 Å². The van der Waals surface area contributed by atoms with Gasteiger partial charge >= 0.3 is 5.97 Å². The third-order valence-corrected chi connectivity index (χ3v) is 6.44. The summed E-state index contributed by atoms with van der Waals surface area (Å²) < 4.78 is 0. The van der Waals surface area contributed by atoms with Gasteiger partial charge in [-0.25, -0.2) is 0 Å². The number of carboxylic acid groups (broad SMARTS) is 1. The summed E-state index contributed by atoms with van der Waals surface area (Å²) in [5.41, 5.74) is 6.35. The molecule has 1 aliphatic heterocycles. The van der Waals surface area contributed by atoms with E-state index in [9.17, 15) is 19.5 Å². The maximum Gasteiger partial charge on any atom is 0.304 e. The molecule has 188 valence electrons. The van der Waals surface area contributed by atoms with Crippen LogP contribution >= 0.6 is 0 Å². The number of fused-ring (bicyclic) bond motifs is 1. The number of nitrogens with two attached hydrogens (primary N) is 1. The first-order valence-electron chi connectivity index (χ1n) is 12.2. The molecule has 1 fully saturated rings. The lowest BCUT2D eigenvalue weighted by Crippen LogP contribution is -2.42. The van der Waals surface area contributed by atoms with Gasteiger partial charge in [0, 0.05) is 32.1 Å². The lowest BCUT2D eigenvalue weighted by atomic mass is 10.0. The SMILES string of the molecule is N=C(N)NCCCCCC(=O)NC[C@@H]1C[C@@H](CC(=O)O)C(=O)N1CCc1ccc2ccccc2c1. The van der Waals surface area contributed by atoms with Crippen molar-refractivity contribution in [1.29, 1.82) is 5.41 Å². The largest absolute Gasteiger partial charge is 0.481 e. The maximum absolute atomic E-state index is 13.0. The zero-order chi connectivity index (χ0) is 25.2. The molecule has 0 bridgehead atoms. The molecule has 1 saturated heterocycles. The molecule has 0 radical (unpaired) electrons. The molecule has 0 spiro atoms. The Morgan fingerprint density at radius 2 is 1.86 bits per heavy atom. The van der Waals surface area contributed by atoms with Crippen LogP contribution in [0.4, 0.5) is 0 Å². The number of hydrogen-bond donors (Lipinski definition) is 5. The first kappa shape index (κ1) is 26.0. The van der Waals surface area contributed by atoms with Gasteiger partial charge in [-0.1, -0.05) is 48.9 Å². The first-order valence-corrected chi connectivity index (χ1v) is 12.2. The second-order valence-electron chi connectivity index (χ2n) is 9.10. The molecule has 35 heavy (non-hydrogen) atoms. The summed E-state index contributed by atoms with van der Waals surface area (Å²) in [5.74, 6) is -1.82. The number of hydrogen-bond acceptors (Lipinski definition) is 4. The van der Waals surface area contributed by atoms with Crippen molar-refractivity contribution < 1.29 is 19.5 Å². The van der Waals surface area contributed by atoms with Crippen LogP contribution in [-0.2, 0) is 20.8 Å². The molecule has 1 aliphatic rings. The van der Waals surface area contributed by atoms with Crippen molar-refractivity contribution >= 4 is 34.5 Å². The Bertz CT molecular complexity index is 1060. The van der Waals surface area contributed by atoms with E-state index in [1.807, 2.05) is 12.1 Å². The van der Waals surface area contributed by atoms with Gasteiger partial charge in [0.25, 0.3) is 0 Å². The van der Waals surface area contributed by atoms with Crippen LogP contribution in [0.25, 0.3) is 10.8 Å². The second kappa shape index (κ2) is 12.7. The van der Waals surface area contributed by atoms with Gasteiger partial charge in [0.15, 0.2) is 5.96 Å². The number of rotatable bonds is 13. The van der Waals surface area contributed by atoms with Crippen LogP contribution in [-0.4, -0.2) is 59.4 Å². The number of nitrogens with zero attached hydrogens (tertiary/aromatic N) is 1. The Balaban J connectivity index is 1.52. The number of guanidine groups is 1. The molecule has 0 unspecified atom stereocenters. The number of carboxylic acids is 1. The molecule has 2 aromatic carbocycles. The quantitative estimate of drug-likeness (QED) is 0.168. The van der Waals surface area contributed by atoms with Crippen LogP contribution in [0.3, 0.4) is 0 Å². The standard InChI is InChI=1S/C26H35N5O4/c27-26(28)29-12-5-1-2-8-23(32)30-17-22-15-21(16-24(33)34)25(35)31(22)13-11-18-9-10-19-6-3-4-7-20(19)14-18/h3-4,6-7,9-10,14,21-22H,1-2,5,8,11-13,15-17H2,(H,30,32)(H,33,34)(H4,27,28,29)/t21-,22-/m0/s1. The van der Waals surface area contributed by atoms with E-state index in [4.69, 9.17) is 11.1 Å². The van der Waals surface area contributed by atoms with E-state index in [1.54, 1.807) is 4.90 Å². The van der Waals surface area contributed by atoms with Gasteiger partial charge in [-0.2, -0.15) is 0 Å². The highest BCUT2D eigenvalue weighted by atomic mass is 16.4. The monoisotopic (exact) mass is 481 g/mol. The Morgan fingerprint density at radius 3 is 2.60 bits per heavy atom. The molecule has 9 heteroatoms. The third kappa shape index (κ3) is 7.98. The third-order valence-electron chi connectivity index (χ3n) is 6.44. The molecular formula is C26H35N5O4. The normalized spacial score (nSPS) is 17.5. The number of amides is 2. The Labute approximate surface area is 205 Å². The fourth-order valence-electron chi connectivity index (χ4n) is 4.61. The first-order chi connectivity index (χ1) is 16.8. The van der Waals surface area contributed by atoms with E-state index in [1.165, 1.54) is 0 Å². The highest BCUT2D eigenvalue weighted by Crippen LogP contribution is 2.28. The molecular weight excluding hydrogens is 446 g/mol. The van der Waals surface area contributed by atoms with Gasteiger partial charge in [-0.05, 0) is 42.0 Å². The maximum atomic E-state index is 13.0. The predicted octanol–water partition coefficient (Wildman–Crippen LogP) is 2.23. The molecule has 1 heterocycles. The van der Waals surface area contributed by atoms with Gasteiger partial charge in [0.2, 0.25) is 11.8 Å². The van der Waals surface area contributed by atoms with Crippen molar-refractivity contribution in [2.75, 3.05) is 19.6 Å². The van der Waals surface area contributed by atoms with Crippen LogP contribution < -0.4 is 16.4 Å². The van der Waals surface area contributed by atoms with Gasteiger partial charge in [0.1, 0.15) is 0 Å². The van der Waals surface area contributed by atoms with Crippen molar-refractivity contribution in [2.24, 2.45) is 11.7 Å². The van der Waals surface area contributed by atoms with Crippen molar-refractivity contribution in [3.8, 4) is 0 Å². The minimum absolute atomic E-state index is 0.0553. The summed E-state index contributed by atoms with van der Waals surface area (Å²) >= 11 is 0. The molecule has 6 N–H and O–H groups in total. The smallest absolute Gasteiger partial charge is 0.304 e. The van der Waals surface area contributed by atoms with Crippen molar-refractivity contribution in [2.45, 2.75) is 51.0 Å². The second-order valence-corrected chi connectivity index (χ2v) is 9.10. The van der Waals surface area contributed by atoms with Gasteiger partial charge in [-0.15, -0.1) is 0 Å². The van der Waals surface area contributed by atoms with E-state index in [2.05, 4.69) is 41.0 Å². The Kier molecular flexibility index (Phi) is 9.46. The summed E-state index contributed by atoms with van der Waals surface area (Å²) in [4.78, 5) is 38.3. The summed E-state index contributed by atoms with van der Waals surface area (Å²) in [5, 5.41) is 24.3. The highest BCUT2D eigenvalue weighted by molar-refractivity contribution is 5.86. The number of benzene rings is 2. The average molecular weight is 482 g/mol. The lowest BCUT2D eigenvalue weighted by molar-refractivity contribution is -0.142. The fraction of sp³-hybridized carbons (Fsp3) is 0.462. The summed E-state index contributed by atoms with van der Waals surface area (Å²) in [7, 11) is 0. The number of aliphatic carboxylic acids is 1. The number of likely N-dealkylation sites (tertiary alicyclic amines) is 1. The highest BCUT2D eigenvalue weighted by Gasteiger charge is 2.40. The minimum Gasteiger partial charge on any atom is -0.481 e. The summed E-state index contributed by atoms with van der Waals surface area (Å²) in [6, 6.07) is 14.1. The summed E-state index contributed by atoms with van der Waals surface area (Å²) in [6.45, 7) is 1.42. The molecule has 2 atom stereocenters.